The number of carbonyl (C=O) groups excluding carboxylic acids is 1. The van der Waals surface area contributed by atoms with E-state index in [0.29, 0.717) is 18.8 Å². The summed E-state index contributed by atoms with van der Waals surface area (Å²) >= 11 is 0. The second-order valence-electron chi connectivity index (χ2n) is 5.25. The molecule has 0 saturated heterocycles. The fourth-order valence-corrected chi connectivity index (χ4v) is 1.55. The van der Waals surface area contributed by atoms with Crippen molar-refractivity contribution < 1.29 is 9.53 Å². The maximum Gasteiger partial charge on any atom is 0.138 e. The lowest BCUT2D eigenvalue weighted by Crippen LogP contribution is -2.20. The molecule has 0 N–H and O–H groups in total. The number of ether oxygens (including phenoxy) is 1. The Balaban J connectivity index is 2.50. The summed E-state index contributed by atoms with van der Waals surface area (Å²) < 4.78 is 5.37. The smallest absolute Gasteiger partial charge is 0.138 e. The standard InChI is InChI=1S/C15H22O2/c1-5-17-13-9-6-12(7-10-13)8-11-14(16)15(2,3)4/h6-7,9-10H,5,8,11H2,1-4H3. The Kier molecular flexibility index (Phi) is 4.73. The van der Waals surface area contributed by atoms with E-state index in [2.05, 4.69) is 0 Å². The molecular formula is C15H22O2. The zero-order valence-electron chi connectivity index (χ0n) is 11.2. The molecule has 94 valence electrons. The van der Waals surface area contributed by atoms with Crippen LogP contribution in [0.25, 0.3) is 0 Å². The Bertz CT molecular complexity index is 358. The van der Waals surface area contributed by atoms with E-state index >= 15 is 0 Å². The number of rotatable bonds is 5. The molecule has 1 aromatic rings. The molecule has 2 heteroatoms. The van der Waals surface area contributed by atoms with Crippen molar-refractivity contribution in [3.05, 3.63) is 29.8 Å². The molecule has 0 radical (unpaired) electrons. The van der Waals surface area contributed by atoms with Gasteiger partial charge in [0.1, 0.15) is 11.5 Å². The summed E-state index contributed by atoms with van der Waals surface area (Å²) in [6.45, 7) is 8.55. The average Bonchev–Trinajstić information content (AvgIpc) is 2.27. The van der Waals surface area contributed by atoms with Crippen molar-refractivity contribution in [3.63, 3.8) is 0 Å². The molecule has 17 heavy (non-hydrogen) atoms. The molecule has 2 nitrogen and oxygen atoms in total. The third-order valence-corrected chi connectivity index (χ3v) is 2.71. The van der Waals surface area contributed by atoms with Crippen molar-refractivity contribution in [2.24, 2.45) is 5.41 Å². The normalized spacial score (nSPS) is 11.3. The van der Waals surface area contributed by atoms with Crippen LogP contribution in [0.3, 0.4) is 0 Å². The predicted octanol–water partition coefficient (Wildman–Crippen LogP) is 3.63. The van der Waals surface area contributed by atoms with Gasteiger partial charge in [-0.1, -0.05) is 32.9 Å². The Hall–Kier alpha value is -1.31. The first-order valence-corrected chi connectivity index (χ1v) is 6.18. The van der Waals surface area contributed by atoms with Crippen LogP contribution in [-0.2, 0) is 11.2 Å². The summed E-state index contributed by atoms with van der Waals surface area (Å²) in [5.41, 5.74) is 0.955. The molecule has 0 aromatic heterocycles. The van der Waals surface area contributed by atoms with Gasteiger partial charge in [0.2, 0.25) is 0 Å². The molecule has 0 fully saturated rings. The van der Waals surface area contributed by atoms with Gasteiger partial charge in [-0.3, -0.25) is 4.79 Å². The Morgan fingerprint density at radius 3 is 2.24 bits per heavy atom. The van der Waals surface area contributed by atoms with E-state index in [0.717, 1.165) is 12.2 Å². The fourth-order valence-electron chi connectivity index (χ4n) is 1.55. The van der Waals surface area contributed by atoms with Gasteiger partial charge in [-0.2, -0.15) is 0 Å². The Morgan fingerprint density at radius 1 is 1.18 bits per heavy atom. The number of Topliss-reactive ketones (excluding diaryl/α,β-unsaturated/α-hetero) is 1. The minimum atomic E-state index is -0.231. The van der Waals surface area contributed by atoms with Gasteiger partial charge in [0.05, 0.1) is 6.61 Å². The van der Waals surface area contributed by atoms with E-state index < -0.39 is 0 Å². The van der Waals surface area contributed by atoms with Crippen molar-refractivity contribution in [1.82, 2.24) is 0 Å². The SMILES string of the molecule is CCOc1ccc(CCC(=O)C(C)(C)C)cc1. The van der Waals surface area contributed by atoms with Crippen molar-refractivity contribution in [2.45, 2.75) is 40.5 Å². The first kappa shape index (κ1) is 13.8. The van der Waals surface area contributed by atoms with Crippen LogP contribution in [0.4, 0.5) is 0 Å². The number of ketones is 1. The van der Waals surface area contributed by atoms with Crippen LogP contribution in [0.2, 0.25) is 0 Å². The molecule has 0 aliphatic heterocycles. The van der Waals surface area contributed by atoms with Crippen LogP contribution < -0.4 is 4.74 Å². The highest BCUT2D eigenvalue weighted by molar-refractivity contribution is 5.83. The molecule has 0 heterocycles. The summed E-state index contributed by atoms with van der Waals surface area (Å²) in [4.78, 5) is 11.8. The van der Waals surface area contributed by atoms with Gasteiger partial charge in [-0.15, -0.1) is 0 Å². The van der Waals surface area contributed by atoms with E-state index in [-0.39, 0.29) is 5.41 Å². The van der Waals surface area contributed by atoms with E-state index in [4.69, 9.17) is 4.74 Å². The number of hydrogen-bond acceptors (Lipinski definition) is 2. The average molecular weight is 234 g/mol. The maximum absolute atomic E-state index is 11.8. The monoisotopic (exact) mass is 234 g/mol. The third-order valence-electron chi connectivity index (χ3n) is 2.71. The van der Waals surface area contributed by atoms with Crippen molar-refractivity contribution >= 4 is 5.78 Å². The number of hydrogen-bond donors (Lipinski definition) is 0. The summed E-state index contributed by atoms with van der Waals surface area (Å²) in [7, 11) is 0. The molecule has 0 amide bonds. The minimum Gasteiger partial charge on any atom is -0.494 e. The van der Waals surface area contributed by atoms with Gasteiger partial charge in [-0.05, 0) is 31.0 Å². The second kappa shape index (κ2) is 5.85. The topological polar surface area (TPSA) is 26.3 Å². The molecular weight excluding hydrogens is 212 g/mol. The highest BCUT2D eigenvalue weighted by atomic mass is 16.5. The van der Waals surface area contributed by atoms with Crippen molar-refractivity contribution in [3.8, 4) is 5.75 Å². The number of aryl methyl sites for hydroxylation is 1. The zero-order chi connectivity index (χ0) is 12.9. The molecule has 0 atom stereocenters. The lowest BCUT2D eigenvalue weighted by atomic mass is 9.87. The van der Waals surface area contributed by atoms with Crippen LogP contribution in [0, 0.1) is 5.41 Å². The maximum atomic E-state index is 11.8. The largest absolute Gasteiger partial charge is 0.494 e. The van der Waals surface area contributed by atoms with Crippen LogP contribution in [0.1, 0.15) is 39.7 Å². The molecule has 0 aliphatic carbocycles. The second-order valence-corrected chi connectivity index (χ2v) is 5.25. The fraction of sp³-hybridized carbons (Fsp3) is 0.533. The molecule has 0 bridgehead atoms. The van der Waals surface area contributed by atoms with Gasteiger partial charge >= 0.3 is 0 Å². The molecule has 1 aromatic carbocycles. The van der Waals surface area contributed by atoms with Crippen LogP contribution in [-0.4, -0.2) is 12.4 Å². The van der Waals surface area contributed by atoms with Gasteiger partial charge in [-0.25, -0.2) is 0 Å². The first-order chi connectivity index (χ1) is 7.93. The lowest BCUT2D eigenvalue weighted by molar-refractivity contribution is -0.126. The first-order valence-electron chi connectivity index (χ1n) is 6.18. The van der Waals surface area contributed by atoms with Crippen LogP contribution in [0.5, 0.6) is 5.75 Å². The minimum absolute atomic E-state index is 0.231. The highest BCUT2D eigenvalue weighted by Gasteiger charge is 2.20. The van der Waals surface area contributed by atoms with Crippen LogP contribution in [0.15, 0.2) is 24.3 Å². The summed E-state index contributed by atoms with van der Waals surface area (Å²) in [5, 5.41) is 0. The lowest BCUT2D eigenvalue weighted by Gasteiger charge is -2.16. The van der Waals surface area contributed by atoms with E-state index in [1.807, 2.05) is 52.0 Å². The van der Waals surface area contributed by atoms with Crippen molar-refractivity contribution in [2.75, 3.05) is 6.61 Å². The zero-order valence-corrected chi connectivity index (χ0v) is 11.2. The van der Waals surface area contributed by atoms with E-state index in [1.165, 1.54) is 5.56 Å². The predicted molar refractivity (Wildman–Crippen MR) is 70.4 cm³/mol. The van der Waals surface area contributed by atoms with Gasteiger partial charge in [0.25, 0.3) is 0 Å². The Morgan fingerprint density at radius 2 is 1.76 bits per heavy atom. The van der Waals surface area contributed by atoms with Gasteiger partial charge in [0, 0.05) is 11.8 Å². The molecule has 1 rings (SSSR count). The Labute approximate surface area is 104 Å². The summed E-state index contributed by atoms with van der Waals surface area (Å²) in [6.07, 6.45) is 1.42. The number of carbonyl (C=O) groups is 1. The summed E-state index contributed by atoms with van der Waals surface area (Å²) in [6, 6.07) is 7.97. The summed E-state index contributed by atoms with van der Waals surface area (Å²) in [5.74, 6) is 1.20. The molecule has 0 unspecified atom stereocenters. The number of benzene rings is 1. The van der Waals surface area contributed by atoms with E-state index in [1.54, 1.807) is 0 Å². The molecule has 0 aliphatic rings. The highest BCUT2D eigenvalue weighted by Crippen LogP contribution is 2.19. The van der Waals surface area contributed by atoms with Crippen molar-refractivity contribution in [1.29, 1.82) is 0 Å². The molecule has 0 saturated carbocycles. The van der Waals surface area contributed by atoms with Gasteiger partial charge in [0.15, 0.2) is 0 Å². The quantitative estimate of drug-likeness (QED) is 0.777. The third kappa shape index (κ3) is 4.59. The van der Waals surface area contributed by atoms with Gasteiger partial charge < -0.3 is 4.74 Å². The van der Waals surface area contributed by atoms with Crippen LogP contribution >= 0.6 is 0 Å². The molecule has 0 spiro atoms. The van der Waals surface area contributed by atoms with E-state index in [9.17, 15) is 4.79 Å².